The highest BCUT2D eigenvalue weighted by Crippen LogP contribution is 1.95. The van der Waals surface area contributed by atoms with E-state index in [1.807, 2.05) is 0 Å². The number of amides is 1. The summed E-state index contributed by atoms with van der Waals surface area (Å²) in [6.45, 7) is 0.304. The van der Waals surface area contributed by atoms with Crippen LogP contribution in [0.3, 0.4) is 0 Å². The zero-order valence-electron chi connectivity index (χ0n) is 9.44. The fraction of sp³-hybridized carbons (Fsp3) is 0.400. The Morgan fingerprint density at radius 3 is 2.56 bits per heavy atom. The molecule has 18 heavy (non-hydrogen) atoms. The number of carboxylic acids is 2. The number of rotatable bonds is 7. The number of aromatic nitrogens is 2. The standard InChI is InChI=1S/C10H13N3O5/c14-8(2-5-13-4-1-3-11-13)12-7(10(17)18)6-9(15)16/h1,3-4,7H,2,5-6H2,(H,12,14)(H,15,16)(H,17,18)/t7-/m0/s1. The van der Waals surface area contributed by atoms with Crippen molar-refractivity contribution >= 4 is 17.8 Å². The van der Waals surface area contributed by atoms with Crippen molar-refractivity contribution in [2.75, 3.05) is 0 Å². The Labute approximate surface area is 102 Å². The van der Waals surface area contributed by atoms with Gasteiger partial charge < -0.3 is 15.5 Å². The Balaban J connectivity index is 2.41. The molecule has 0 spiro atoms. The molecule has 0 bridgehead atoms. The summed E-state index contributed by atoms with van der Waals surface area (Å²) in [7, 11) is 0. The van der Waals surface area contributed by atoms with Crippen LogP contribution in [0.15, 0.2) is 18.5 Å². The fourth-order valence-corrected chi connectivity index (χ4v) is 1.29. The molecule has 0 radical (unpaired) electrons. The maximum absolute atomic E-state index is 11.4. The lowest BCUT2D eigenvalue weighted by atomic mass is 10.2. The normalized spacial score (nSPS) is 11.8. The van der Waals surface area contributed by atoms with Gasteiger partial charge in [-0.15, -0.1) is 0 Å². The van der Waals surface area contributed by atoms with Gasteiger partial charge in [-0.05, 0) is 6.07 Å². The SMILES string of the molecule is O=C(O)C[C@H](NC(=O)CCn1cccn1)C(=O)O. The van der Waals surface area contributed by atoms with Gasteiger partial charge in [-0.3, -0.25) is 14.3 Å². The summed E-state index contributed by atoms with van der Waals surface area (Å²) in [5.41, 5.74) is 0. The first kappa shape index (κ1) is 13.7. The lowest BCUT2D eigenvalue weighted by molar-refractivity contribution is -0.147. The molecule has 1 aromatic heterocycles. The molecule has 0 fully saturated rings. The van der Waals surface area contributed by atoms with Crippen molar-refractivity contribution in [3.05, 3.63) is 18.5 Å². The Morgan fingerprint density at radius 2 is 2.06 bits per heavy atom. The van der Waals surface area contributed by atoms with Crippen LogP contribution in [0.25, 0.3) is 0 Å². The van der Waals surface area contributed by atoms with Gasteiger partial charge in [-0.25, -0.2) is 4.79 Å². The van der Waals surface area contributed by atoms with Crippen molar-refractivity contribution < 1.29 is 24.6 Å². The first-order valence-corrected chi connectivity index (χ1v) is 5.20. The minimum absolute atomic E-state index is 0.0328. The minimum atomic E-state index is -1.41. The number of nitrogens with zero attached hydrogens (tertiary/aromatic N) is 2. The molecule has 0 saturated carbocycles. The van der Waals surface area contributed by atoms with Crippen molar-refractivity contribution in [3.63, 3.8) is 0 Å². The van der Waals surface area contributed by atoms with E-state index in [1.54, 1.807) is 18.5 Å². The maximum atomic E-state index is 11.4. The second kappa shape index (κ2) is 6.38. The van der Waals surface area contributed by atoms with Crippen LogP contribution in [-0.2, 0) is 20.9 Å². The summed E-state index contributed by atoms with van der Waals surface area (Å²) >= 11 is 0. The minimum Gasteiger partial charge on any atom is -0.481 e. The van der Waals surface area contributed by atoms with Crippen LogP contribution in [0, 0.1) is 0 Å². The number of hydrogen-bond donors (Lipinski definition) is 3. The lowest BCUT2D eigenvalue weighted by Crippen LogP contribution is -2.42. The van der Waals surface area contributed by atoms with Crippen molar-refractivity contribution in [1.29, 1.82) is 0 Å². The van der Waals surface area contributed by atoms with Gasteiger partial charge in [0.05, 0.1) is 6.42 Å². The van der Waals surface area contributed by atoms with Gasteiger partial charge in [-0.1, -0.05) is 0 Å². The summed E-state index contributed by atoms with van der Waals surface area (Å²) in [5, 5.41) is 23.3. The zero-order chi connectivity index (χ0) is 13.5. The average molecular weight is 255 g/mol. The van der Waals surface area contributed by atoms with Crippen LogP contribution in [0.5, 0.6) is 0 Å². The fourth-order valence-electron chi connectivity index (χ4n) is 1.29. The van der Waals surface area contributed by atoms with Gasteiger partial charge in [0.25, 0.3) is 0 Å². The molecule has 0 aliphatic rings. The van der Waals surface area contributed by atoms with E-state index in [9.17, 15) is 14.4 Å². The van der Waals surface area contributed by atoms with Crippen LogP contribution in [0.1, 0.15) is 12.8 Å². The predicted octanol–water partition coefficient (Wildman–Crippen LogP) is -0.683. The van der Waals surface area contributed by atoms with E-state index in [4.69, 9.17) is 10.2 Å². The number of aryl methyl sites for hydroxylation is 1. The summed E-state index contributed by atoms with van der Waals surface area (Å²) in [4.78, 5) is 32.5. The average Bonchev–Trinajstić information content (AvgIpc) is 2.77. The number of nitrogens with one attached hydrogen (secondary N) is 1. The number of carbonyl (C=O) groups is 3. The molecule has 0 aliphatic carbocycles. The van der Waals surface area contributed by atoms with Crippen molar-refractivity contribution in [3.8, 4) is 0 Å². The number of hydrogen-bond acceptors (Lipinski definition) is 4. The first-order chi connectivity index (χ1) is 8.49. The van der Waals surface area contributed by atoms with Gasteiger partial charge in [0.2, 0.25) is 5.91 Å². The van der Waals surface area contributed by atoms with Crippen LogP contribution in [0.4, 0.5) is 0 Å². The molecule has 1 heterocycles. The smallest absolute Gasteiger partial charge is 0.326 e. The number of carbonyl (C=O) groups excluding carboxylic acids is 1. The summed E-state index contributed by atoms with van der Waals surface area (Å²) in [6, 6.07) is 0.287. The summed E-state index contributed by atoms with van der Waals surface area (Å²) in [5.74, 6) is -3.18. The lowest BCUT2D eigenvalue weighted by Gasteiger charge is -2.12. The Kier molecular flexibility index (Phi) is 4.85. The second-order valence-corrected chi connectivity index (χ2v) is 3.58. The third kappa shape index (κ3) is 4.64. The quantitative estimate of drug-likeness (QED) is 0.593. The van der Waals surface area contributed by atoms with E-state index in [1.165, 1.54) is 4.68 Å². The van der Waals surface area contributed by atoms with Crippen molar-refractivity contribution in [2.45, 2.75) is 25.4 Å². The Bertz CT molecular complexity index is 429. The van der Waals surface area contributed by atoms with Gasteiger partial charge in [0.1, 0.15) is 6.04 Å². The van der Waals surface area contributed by atoms with E-state index in [0.717, 1.165) is 0 Å². The molecular weight excluding hydrogens is 242 g/mol. The molecular formula is C10H13N3O5. The molecule has 1 atom stereocenters. The third-order valence-electron chi connectivity index (χ3n) is 2.14. The monoisotopic (exact) mass is 255 g/mol. The van der Waals surface area contributed by atoms with E-state index in [-0.39, 0.29) is 6.42 Å². The van der Waals surface area contributed by atoms with Gasteiger partial charge in [-0.2, -0.15) is 5.10 Å². The zero-order valence-corrected chi connectivity index (χ0v) is 9.44. The number of carboxylic acid groups (broad SMARTS) is 2. The highest BCUT2D eigenvalue weighted by molar-refractivity contribution is 5.86. The van der Waals surface area contributed by atoms with E-state index in [0.29, 0.717) is 6.54 Å². The summed E-state index contributed by atoms with van der Waals surface area (Å²) in [6.07, 6.45) is 2.61. The largest absolute Gasteiger partial charge is 0.481 e. The van der Waals surface area contributed by atoms with Crippen LogP contribution in [0.2, 0.25) is 0 Å². The van der Waals surface area contributed by atoms with Gasteiger partial charge in [0.15, 0.2) is 0 Å². The van der Waals surface area contributed by atoms with E-state index < -0.39 is 30.3 Å². The van der Waals surface area contributed by atoms with Crippen molar-refractivity contribution in [1.82, 2.24) is 15.1 Å². The molecule has 1 rings (SSSR count). The maximum Gasteiger partial charge on any atom is 0.326 e. The van der Waals surface area contributed by atoms with Crippen LogP contribution >= 0.6 is 0 Å². The summed E-state index contributed by atoms with van der Waals surface area (Å²) < 4.78 is 1.52. The Hall–Kier alpha value is -2.38. The Morgan fingerprint density at radius 1 is 1.33 bits per heavy atom. The topological polar surface area (TPSA) is 122 Å². The molecule has 8 nitrogen and oxygen atoms in total. The molecule has 3 N–H and O–H groups in total. The molecule has 0 aliphatic heterocycles. The molecule has 8 heteroatoms. The number of aliphatic carboxylic acids is 2. The van der Waals surface area contributed by atoms with Crippen LogP contribution < -0.4 is 5.32 Å². The van der Waals surface area contributed by atoms with E-state index >= 15 is 0 Å². The molecule has 1 amide bonds. The molecule has 0 unspecified atom stereocenters. The molecule has 0 saturated heterocycles. The van der Waals surface area contributed by atoms with Crippen LogP contribution in [-0.4, -0.2) is 43.9 Å². The van der Waals surface area contributed by atoms with Gasteiger partial charge >= 0.3 is 11.9 Å². The molecule has 1 aromatic rings. The van der Waals surface area contributed by atoms with Gasteiger partial charge in [0, 0.05) is 25.4 Å². The second-order valence-electron chi connectivity index (χ2n) is 3.58. The third-order valence-corrected chi connectivity index (χ3v) is 2.14. The first-order valence-electron chi connectivity index (χ1n) is 5.20. The van der Waals surface area contributed by atoms with E-state index in [2.05, 4.69) is 10.4 Å². The predicted molar refractivity (Wildman–Crippen MR) is 58.7 cm³/mol. The highest BCUT2D eigenvalue weighted by atomic mass is 16.4. The molecule has 98 valence electrons. The highest BCUT2D eigenvalue weighted by Gasteiger charge is 2.22. The molecule has 0 aromatic carbocycles. The van der Waals surface area contributed by atoms with Crippen molar-refractivity contribution in [2.24, 2.45) is 0 Å².